The molecule has 1 aromatic heterocycles. The summed E-state index contributed by atoms with van der Waals surface area (Å²) in [6.07, 6.45) is 2.96. The van der Waals surface area contributed by atoms with Gasteiger partial charge in [0.15, 0.2) is 0 Å². The number of methoxy groups -OCH3 is 1. The molecule has 0 saturated carbocycles. The van der Waals surface area contributed by atoms with E-state index in [2.05, 4.69) is 20.6 Å². The maximum absolute atomic E-state index is 12.1. The highest BCUT2D eigenvalue weighted by molar-refractivity contribution is 6.03. The number of benzene rings is 1. The molecular weight excluding hydrogens is 256 g/mol. The van der Waals surface area contributed by atoms with Crippen LogP contribution in [-0.2, 0) is 0 Å². The van der Waals surface area contributed by atoms with Crippen molar-refractivity contribution >= 4 is 17.4 Å². The van der Waals surface area contributed by atoms with Crippen molar-refractivity contribution in [3.05, 3.63) is 42.4 Å². The van der Waals surface area contributed by atoms with E-state index in [1.807, 2.05) is 19.1 Å². The van der Waals surface area contributed by atoms with E-state index in [1.165, 1.54) is 12.4 Å². The number of nitrogens with one attached hydrogen (secondary N) is 2. The Morgan fingerprint density at radius 3 is 2.70 bits per heavy atom. The predicted molar refractivity (Wildman–Crippen MR) is 77.1 cm³/mol. The van der Waals surface area contributed by atoms with Crippen molar-refractivity contribution in [2.45, 2.75) is 6.92 Å². The van der Waals surface area contributed by atoms with Crippen LogP contribution in [0.1, 0.15) is 17.4 Å². The van der Waals surface area contributed by atoms with Crippen LogP contribution in [0, 0.1) is 0 Å². The molecular formula is C14H16N4O2. The van der Waals surface area contributed by atoms with Crippen molar-refractivity contribution in [3.8, 4) is 5.75 Å². The summed E-state index contributed by atoms with van der Waals surface area (Å²) in [5.41, 5.74) is 0.843. The molecule has 2 N–H and O–H groups in total. The fraction of sp³-hybridized carbons (Fsp3) is 0.214. The minimum absolute atomic E-state index is 0.248. The van der Waals surface area contributed by atoms with E-state index in [4.69, 9.17) is 4.74 Å². The normalized spacial score (nSPS) is 9.90. The average molecular weight is 272 g/mol. The molecule has 0 aliphatic carbocycles. The van der Waals surface area contributed by atoms with Gasteiger partial charge in [-0.15, -0.1) is 0 Å². The molecule has 0 radical (unpaired) electrons. The highest BCUT2D eigenvalue weighted by Crippen LogP contribution is 2.23. The Labute approximate surface area is 117 Å². The Bertz CT molecular complexity index is 584. The third-order valence-electron chi connectivity index (χ3n) is 2.60. The molecule has 0 spiro atoms. The van der Waals surface area contributed by atoms with Gasteiger partial charge in [0.1, 0.15) is 17.3 Å². The van der Waals surface area contributed by atoms with Gasteiger partial charge in [-0.25, -0.2) is 9.97 Å². The van der Waals surface area contributed by atoms with Gasteiger partial charge in [-0.05, 0) is 19.1 Å². The Morgan fingerprint density at radius 1 is 1.25 bits per heavy atom. The first kappa shape index (κ1) is 13.8. The molecule has 1 aromatic carbocycles. The SMILES string of the molecule is CCNc1cnc(C(=O)Nc2ccccc2OC)cn1. The van der Waals surface area contributed by atoms with Gasteiger partial charge in [0.2, 0.25) is 0 Å². The van der Waals surface area contributed by atoms with Crippen LogP contribution in [0.15, 0.2) is 36.7 Å². The quantitative estimate of drug-likeness (QED) is 0.872. The maximum Gasteiger partial charge on any atom is 0.275 e. The molecule has 0 atom stereocenters. The molecule has 20 heavy (non-hydrogen) atoms. The maximum atomic E-state index is 12.1. The van der Waals surface area contributed by atoms with Crippen LogP contribution in [0.4, 0.5) is 11.5 Å². The third kappa shape index (κ3) is 3.23. The van der Waals surface area contributed by atoms with E-state index in [0.717, 1.165) is 6.54 Å². The highest BCUT2D eigenvalue weighted by atomic mass is 16.5. The fourth-order valence-electron chi connectivity index (χ4n) is 1.65. The molecule has 1 amide bonds. The van der Waals surface area contributed by atoms with E-state index >= 15 is 0 Å². The van der Waals surface area contributed by atoms with Crippen LogP contribution < -0.4 is 15.4 Å². The van der Waals surface area contributed by atoms with Gasteiger partial charge in [0, 0.05) is 6.54 Å². The third-order valence-corrected chi connectivity index (χ3v) is 2.60. The van der Waals surface area contributed by atoms with E-state index in [0.29, 0.717) is 17.3 Å². The number of para-hydroxylation sites is 2. The first-order chi connectivity index (χ1) is 9.74. The van der Waals surface area contributed by atoms with Crippen LogP contribution in [0.3, 0.4) is 0 Å². The minimum Gasteiger partial charge on any atom is -0.495 e. The van der Waals surface area contributed by atoms with Crippen molar-refractivity contribution in [2.75, 3.05) is 24.3 Å². The zero-order valence-electron chi connectivity index (χ0n) is 11.4. The first-order valence-corrected chi connectivity index (χ1v) is 6.25. The number of rotatable bonds is 5. The number of nitrogens with zero attached hydrogens (tertiary/aromatic N) is 2. The summed E-state index contributed by atoms with van der Waals surface area (Å²) in [7, 11) is 1.55. The number of hydrogen-bond donors (Lipinski definition) is 2. The number of carbonyl (C=O) groups is 1. The number of aromatic nitrogens is 2. The van der Waals surface area contributed by atoms with Gasteiger partial charge >= 0.3 is 0 Å². The van der Waals surface area contributed by atoms with E-state index < -0.39 is 0 Å². The topological polar surface area (TPSA) is 76.1 Å². The van der Waals surface area contributed by atoms with Gasteiger partial charge in [-0.3, -0.25) is 4.79 Å². The van der Waals surface area contributed by atoms with Crippen molar-refractivity contribution in [2.24, 2.45) is 0 Å². The molecule has 0 unspecified atom stereocenters. The Morgan fingerprint density at radius 2 is 2.05 bits per heavy atom. The summed E-state index contributed by atoms with van der Waals surface area (Å²) in [5.74, 6) is 0.907. The number of amides is 1. The molecule has 1 heterocycles. The first-order valence-electron chi connectivity index (χ1n) is 6.25. The second kappa shape index (κ2) is 6.51. The Hall–Kier alpha value is -2.63. The lowest BCUT2D eigenvalue weighted by Crippen LogP contribution is -2.15. The Balaban J connectivity index is 2.11. The highest BCUT2D eigenvalue weighted by Gasteiger charge is 2.10. The lowest BCUT2D eigenvalue weighted by atomic mass is 10.3. The zero-order chi connectivity index (χ0) is 14.4. The van der Waals surface area contributed by atoms with Gasteiger partial charge in [-0.2, -0.15) is 0 Å². The molecule has 2 aromatic rings. The van der Waals surface area contributed by atoms with E-state index in [-0.39, 0.29) is 11.6 Å². The second-order valence-electron chi connectivity index (χ2n) is 3.97. The van der Waals surface area contributed by atoms with E-state index in [9.17, 15) is 4.79 Å². The van der Waals surface area contributed by atoms with Crippen LogP contribution in [0.5, 0.6) is 5.75 Å². The van der Waals surface area contributed by atoms with Gasteiger partial charge in [-0.1, -0.05) is 12.1 Å². The van der Waals surface area contributed by atoms with Crippen molar-refractivity contribution in [1.82, 2.24) is 9.97 Å². The lowest BCUT2D eigenvalue weighted by molar-refractivity contribution is 0.102. The number of ether oxygens (including phenoxy) is 1. The van der Waals surface area contributed by atoms with Crippen molar-refractivity contribution in [1.29, 1.82) is 0 Å². The molecule has 0 bridgehead atoms. The number of hydrogen-bond acceptors (Lipinski definition) is 5. The molecule has 6 heteroatoms. The van der Waals surface area contributed by atoms with Gasteiger partial charge in [0.05, 0.1) is 25.2 Å². The summed E-state index contributed by atoms with van der Waals surface area (Å²) in [6, 6.07) is 7.18. The smallest absolute Gasteiger partial charge is 0.275 e. The molecule has 2 rings (SSSR count). The molecule has 6 nitrogen and oxygen atoms in total. The second-order valence-corrected chi connectivity index (χ2v) is 3.97. The molecule has 104 valence electrons. The largest absolute Gasteiger partial charge is 0.495 e. The van der Waals surface area contributed by atoms with Gasteiger partial charge in [0.25, 0.3) is 5.91 Å². The summed E-state index contributed by atoms with van der Waals surface area (Å²) in [4.78, 5) is 20.2. The number of anilines is 2. The summed E-state index contributed by atoms with van der Waals surface area (Å²) in [5, 5.41) is 5.76. The standard InChI is InChI=1S/C14H16N4O2/c1-3-15-13-9-16-11(8-17-13)14(19)18-10-6-4-5-7-12(10)20-2/h4-9H,3H2,1-2H3,(H,15,17)(H,18,19). The monoisotopic (exact) mass is 272 g/mol. The molecule has 0 saturated heterocycles. The van der Waals surface area contributed by atoms with Crippen molar-refractivity contribution < 1.29 is 9.53 Å². The molecule has 0 aliphatic rings. The predicted octanol–water partition coefficient (Wildman–Crippen LogP) is 2.17. The van der Waals surface area contributed by atoms with Crippen LogP contribution in [0.2, 0.25) is 0 Å². The summed E-state index contributed by atoms with van der Waals surface area (Å²) >= 11 is 0. The van der Waals surface area contributed by atoms with Crippen LogP contribution in [-0.4, -0.2) is 29.5 Å². The lowest BCUT2D eigenvalue weighted by Gasteiger charge is -2.09. The van der Waals surface area contributed by atoms with E-state index in [1.54, 1.807) is 19.2 Å². The van der Waals surface area contributed by atoms with Crippen molar-refractivity contribution in [3.63, 3.8) is 0 Å². The van der Waals surface area contributed by atoms with Gasteiger partial charge < -0.3 is 15.4 Å². The van der Waals surface area contributed by atoms with Crippen LogP contribution >= 0.6 is 0 Å². The zero-order valence-corrected chi connectivity index (χ0v) is 11.4. The number of carbonyl (C=O) groups excluding carboxylic acids is 1. The summed E-state index contributed by atoms with van der Waals surface area (Å²) < 4.78 is 5.17. The molecule has 0 fully saturated rings. The minimum atomic E-state index is -0.329. The Kier molecular flexibility index (Phi) is 4.49. The average Bonchev–Trinajstić information content (AvgIpc) is 2.49. The van der Waals surface area contributed by atoms with Crippen LogP contribution in [0.25, 0.3) is 0 Å². The molecule has 0 aliphatic heterocycles. The summed E-state index contributed by atoms with van der Waals surface area (Å²) in [6.45, 7) is 2.71. The fourth-order valence-corrected chi connectivity index (χ4v) is 1.65.